The average Bonchev–Trinajstić information content (AvgIpc) is 2.66. The molecule has 1 amide bonds. The van der Waals surface area contributed by atoms with Gasteiger partial charge in [0.1, 0.15) is 11.5 Å². The summed E-state index contributed by atoms with van der Waals surface area (Å²) in [5, 5.41) is 3.02. The first-order chi connectivity index (χ1) is 12.6. The Morgan fingerprint density at radius 2 is 1.96 bits per heavy atom. The van der Waals surface area contributed by atoms with Gasteiger partial charge < -0.3 is 14.8 Å². The lowest BCUT2D eigenvalue weighted by Crippen LogP contribution is -2.34. The molecule has 4 heteroatoms. The number of rotatable bonds is 7. The van der Waals surface area contributed by atoms with Crippen molar-refractivity contribution in [2.45, 2.75) is 26.7 Å². The van der Waals surface area contributed by atoms with Gasteiger partial charge in [0, 0.05) is 18.0 Å². The van der Waals surface area contributed by atoms with Gasteiger partial charge >= 0.3 is 0 Å². The van der Waals surface area contributed by atoms with Gasteiger partial charge in [0.2, 0.25) is 0 Å². The summed E-state index contributed by atoms with van der Waals surface area (Å²) in [6, 6.07) is 15.4. The van der Waals surface area contributed by atoms with Crippen molar-refractivity contribution in [3.8, 4) is 11.5 Å². The van der Waals surface area contributed by atoms with E-state index in [-0.39, 0.29) is 5.91 Å². The third-order valence-corrected chi connectivity index (χ3v) is 4.59. The molecule has 2 aromatic carbocycles. The van der Waals surface area contributed by atoms with Crippen LogP contribution in [0.4, 0.5) is 0 Å². The molecule has 0 radical (unpaired) electrons. The number of hydrogen-bond acceptors (Lipinski definition) is 3. The molecule has 2 aromatic rings. The van der Waals surface area contributed by atoms with Crippen LogP contribution in [0.15, 0.2) is 48.5 Å². The Kier molecular flexibility index (Phi) is 6.16. The highest BCUT2D eigenvalue weighted by atomic mass is 16.5. The molecule has 138 valence electrons. The molecule has 0 saturated carbocycles. The van der Waals surface area contributed by atoms with E-state index in [0.29, 0.717) is 37.2 Å². The van der Waals surface area contributed by atoms with Gasteiger partial charge in [0.25, 0.3) is 5.91 Å². The van der Waals surface area contributed by atoms with Crippen molar-refractivity contribution in [3.05, 3.63) is 59.7 Å². The van der Waals surface area contributed by atoms with E-state index in [1.165, 1.54) is 5.56 Å². The van der Waals surface area contributed by atoms with E-state index >= 15 is 0 Å². The van der Waals surface area contributed by atoms with Crippen LogP contribution in [-0.2, 0) is 6.42 Å². The topological polar surface area (TPSA) is 47.6 Å². The zero-order chi connectivity index (χ0) is 18.4. The second kappa shape index (κ2) is 8.75. The highest BCUT2D eigenvalue weighted by Gasteiger charge is 2.20. The van der Waals surface area contributed by atoms with Crippen LogP contribution in [-0.4, -0.2) is 25.7 Å². The van der Waals surface area contributed by atoms with Crippen LogP contribution in [0.5, 0.6) is 11.5 Å². The third-order valence-electron chi connectivity index (χ3n) is 4.59. The quantitative estimate of drug-likeness (QED) is 0.815. The normalized spacial score (nSPS) is 15.9. The van der Waals surface area contributed by atoms with Gasteiger partial charge in [0.15, 0.2) is 0 Å². The van der Waals surface area contributed by atoms with Crippen LogP contribution in [0, 0.1) is 11.8 Å². The van der Waals surface area contributed by atoms with Crippen LogP contribution in [0.2, 0.25) is 0 Å². The van der Waals surface area contributed by atoms with Crippen LogP contribution < -0.4 is 14.8 Å². The second-order valence-corrected chi connectivity index (χ2v) is 7.25. The van der Waals surface area contributed by atoms with Gasteiger partial charge in [-0.25, -0.2) is 0 Å². The first kappa shape index (κ1) is 18.3. The Bertz CT molecular complexity index is 724. The molecule has 1 aliphatic heterocycles. The van der Waals surface area contributed by atoms with E-state index in [4.69, 9.17) is 9.47 Å². The van der Waals surface area contributed by atoms with Crippen LogP contribution in [0.3, 0.4) is 0 Å². The van der Waals surface area contributed by atoms with Gasteiger partial charge in [-0.2, -0.15) is 0 Å². The first-order valence-corrected chi connectivity index (χ1v) is 9.33. The SMILES string of the molecule is CC(C)CCOc1ccc(C(=O)NCC2COc3ccccc3C2)cc1. The number of carbonyl (C=O) groups excluding carboxylic acids is 1. The lowest BCUT2D eigenvalue weighted by Gasteiger charge is -2.25. The maximum Gasteiger partial charge on any atom is 0.251 e. The zero-order valence-electron chi connectivity index (χ0n) is 15.5. The Morgan fingerprint density at radius 1 is 1.19 bits per heavy atom. The predicted octanol–water partition coefficient (Wildman–Crippen LogP) is 4.09. The summed E-state index contributed by atoms with van der Waals surface area (Å²) in [5.74, 6) is 2.63. The maximum atomic E-state index is 12.4. The summed E-state index contributed by atoms with van der Waals surface area (Å²) in [6.07, 6.45) is 1.95. The monoisotopic (exact) mass is 353 g/mol. The Hall–Kier alpha value is -2.49. The summed E-state index contributed by atoms with van der Waals surface area (Å²) >= 11 is 0. The molecular formula is C22H27NO3. The maximum absolute atomic E-state index is 12.4. The van der Waals surface area contributed by atoms with Gasteiger partial charge in [-0.1, -0.05) is 32.0 Å². The van der Waals surface area contributed by atoms with Crippen molar-refractivity contribution >= 4 is 5.91 Å². The minimum Gasteiger partial charge on any atom is -0.494 e. The Morgan fingerprint density at radius 3 is 2.73 bits per heavy atom. The van der Waals surface area contributed by atoms with Crippen molar-refractivity contribution in [2.24, 2.45) is 11.8 Å². The molecule has 4 nitrogen and oxygen atoms in total. The number of benzene rings is 2. The van der Waals surface area contributed by atoms with E-state index in [2.05, 4.69) is 25.2 Å². The molecule has 1 aliphatic rings. The van der Waals surface area contributed by atoms with Gasteiger partial charge in [0.05, 0.1) is 13.2 Å². The van der Waals surface area contributed by atoms with Gasteiger partial charge in [-0.15, -0.1) is 0 Å². The molecule has 0 bridgehead atoms. The van der Waals surface area contributed by atoms with Crippen molar-refractivity contribution in [2.75, 3.05) is 19.8 Å². The fourth-order valence-corrected chi connectivity index (χ4v) is 2.98. The number of ether oxygens (including phenoxy) is 2. The number of para-hydroxylation sites is 1. The zero-order valence-corrected chi connectivity index (χ0v) is 15.5. The van der Waals surface area contributed by atoms with Crippen LogP contribution >= 0.6 is 0 Å². The lowest BCUT2D eigenvalue weighted by atomic mass is 9.96. The minimum absolute atomic E-state index is 0.0578. The van der Waals surface area contributed by atoms with Crippen molar-refractivity contribution in [1.82, 2.24) is 5.32 Å². The summed E-state index contributed by atoms with van der Waals surface area (Å²) < 4.78 is 11.5. The summed E-state index contributed by atoms with van der Waals surface area (Å²) in [5.41, 5.74) is 1.86. The molecule has 0 fully saturated rings. The van der Waals surface area contributed by atoms with E-state index in [9.17, 15) is 4.79 Å². The molecule has 0 aromatic heterocycles. The predicted molar refractivity (Wildman–Crippen MR) is 103 cm³/mol. The number of hydrogen-bond donors (Lipinski definition) is 1. The molecular weight excluding hydrogens is 326 g/mol. The third kappa shape index (κ3) is 5.01. The fourth-order valence-electron chi connectivity index (χ4n) is 2.98. The summed E-state index contributed by atoms with van der Waals surface area (Å²) in [6.45, 7) is 6.30. The average molecular weight is 353 g/mol. The molecule has 1 atom stereocenters. The smallest absolute Gasteiger partial charge is 0.251 e. The minimum atomic E-state index is -0.0578. The number of fused-ring (bicyclic) bond motifs is 1. The molecule has 1 heterocycles. The number of nitrogens with one attached hydrogen (secondary N) is 1. The molecule has 26 heavy (non-hydrogen) atoms. The van der Waals surface area contributed by atoms with Crippen LogP contribution in [0.1, 0.15) is 36.2 Å². The van der Waals surface area contributed by atoms with E-state index in [0.717, 1.165) is 24.3 Å². The van der Waals surface area contributed by atoms with Gasteiger partial charge in [-0.05, 0) is 54.7 Å². The van der Waals surface area contributed by atoms with E-state index in [1.807, 2.05) is 42.5 Å². The second-order valence-electron chi connectivity index (χ2n) is 7.25. The molecule has 3 rings (SSSR count). The molecule has 1 unspecified atom stereocenters. The molecule has 1 N–H and O–H groups in total. The number of carbonyl (C=O) groups is 1. The summed E-state index contributed by atoms with van der Waals surface area (Å²) in [4.78, 5) is 12.4. The van der Waals surface area contributed by atoms with Crippen LogP contribution in [0.25, 0.3) is 0 Å². The van der Waals surface area contributed by atoms with Crippen molar-refractivity contribution in [1.29, 1.82) is 0 Å². The van der Waals surface area contributed by atoms with E-state index in [1.54, 1.807) is 0 Å². The highest BCUT2D eigenvalue weighted by molar-refractivity contribution is 5.94. The number of amides is 1. The molecule has 0 spiro atoms. The lowest BCUT2D eigenvalue weighted by molar-refractivity contribution is 0.0939. The first-order valence-electron chi connectivity index (χ1n) is 9.33. The van der Waals surface area contributed by atoms with E-state index < -0.39 is 0 Å². The molecule has 0 saturated heterocycles. The van der Waals surface area contributed by atoms with Crippen molar-refractivity contribution in [3.63, 3.8) is 0 Å². The Balaban J connectivity index is 1.46. The van der Waals surface area contributed by atoms with Crippen molar-refractivity contribution < 1.29 is 14.3 Å². The standard InChI is InChI=1S/C22H27NO3/c1-16(2)11-12-25-20-9-7-18(8-10-20)22(24)23-14-17-13-19-5-3-4-6-21(19)26-15-17/h3-10,16-17H,11-15H2,1-2H3,(H,23,24). The highest BCUT2D eigenvalue weighted by Crippen LogP contribution is 2.26. The molecule has 0 aliphatic carbocycles. The summed E-state index contributed by atoms with van der Waals surface area (Å²) in [7, 11) is 0. The fraction of sp³-hybridized carbons (Fsp3) is 0.409. The largest absolute Gasteiger partial charge is 0.494 e. The Labute approximate surface area is 155 Å². The van der Waals surface area contributed by atoms with Gasteiger partial charge in [-0.3, -0.25) is 4.79 Å².